The molecule has 0 unspecified atom stereocenters. The summed E-state index contributed by atoms with van der Waals surface area (Å²) in [5.41, 5.74) is 1.69. The summed E-state index contributed by atoms with van der Waals surface area (Å²) < 4.78 is 7.46. The monoisotopic (exact) mass is 547 g/mol. The Morgan fingerprint density at radius 2 is 1.63 bits per heavy atom. The molecule has 6 rings (SSSR count). The molecule has 1 amide bonds. The number of aliphatic hydroxyl groups is 1. The largest absolute Gasteiger partial charge is 0.443 e. The lowest BCUT2D eigenvalue weighted by Gasteiger charge is -2.51. The zero-order chi connectivity index (χ0) is 28.9. The van der Waals surface area contributed by atoms with Gasteiger partial charge in [-0.05, 0) is 49.9 Å². The lowest BCUT2D eigenvalue weighted by Crippen LogP contribution is -2.60. The lowest BCUT2D eigenvalue weighted by molar-refractivity contribution is -0.164. The number of para-hydroxylation sites is 1. The lowest BCUT2D eigenvalue weighted by atomic mass is 9.55. The summed E-state index contributed by atoms with van der Waals surface area (Å²) in [5.74, 6) is -1.57. The van der Waals surface area contributed by atoms with Crippen LogP contribution in [0.1, 0.15) is 61.4 Å². The quantitative estimate of drug-likeness (QED) is 0.334. The van der Waals surface area contributed by atoms with Crippen molar-refractivity contribution in [2.24, 2.45) is 5.41 Å². The second-order valence-corrected chi connectivity index (χ2v) is 12.0. The molecule has 4 atom stereocenters. The number of carbonyl (C=O) groups excluding carboxylic acids is 2. The van der Waals surface area contributed by atoms with E-state index in [-0.39, 0.29) is 18.9 Å². The van der Waals surface area contributed by atoms with Crippen molar-refractivity contribution in [1.82, 2.24) is 9.47 Å². The van der Waals surface area contributed by atoms with E-state index in [1.807, 2.05) is 106 Å². The highest BCUT2D eigenvalue weighted by Crippen LogP contribution is 2.60. The molecule has 208 valence electrons. The number of fused-ring (bicyclic) bond motifs is 5. The fourth-order valence-corrected chi connectivity index (χ4v) is 6.79. The van der Waals surface area contributed by atoms with Gasteiger partial charge in [-0.15, -0.1) is 0 Å². The number of nitrogens with zero attached hydrogens (tertiary/aromatic N) is 3. The van der Waals surface area contributed by atoms with Gasteiger partial charge in [-0.25, -0.2) is 9.36 Å². The molecule has 0 radical (unpaired) electrons. The summed E-state index contributed by atoms with van der Waals surface area (Å²) in [6.45, 7) is 5.68. The molecular formula is C34H33N3O4. The number of piperidine rings is 1. The fraction of sp³-hybridized carbons (Fsp3) is 0.324. The summed E-state index contributed by atoms with van der Waals surface area (Å²) in [7, 11) is 0. The smallest absolute Gasteiger partial charge is 0.419 e. The number of aliphatic hydroxyl groups excluding tert-OH is 1. The Hall–Kier alpha value is -4.41. The summed E-state index contributed by atoms with van der Waals surface area (Å²) in [6, 6.07) is 29.1. The first kappa shape index (κ1) is 26.8. The molecule has 2 heterocycles. The summed E-state index contributed by atoms with van der Waals surface area (Å²) >= 11 is 0. The van der Waals surface area contributed by atoms with Crippen LogP contribution < -0.4 is 0 Å². The standard InChI is InChI=1S/C34H33N3O4/c1-33(2,3)41-32(40)37-27-17-11-10-16-24(27)30-26-19-29(38)36(20-22-12-6-4-7-13-22)31(39)34(26,21-35)25(18-28(30)37)23-14-8-5-9-15-23/h4-17,25-26,29,38H,18-20H2,1-3H3/t25-,26+,29+,34-/m1/s1. The first-order chi connectivity index (χ1) is 19.7. The fourth-order valence-electron chi connectivity index (χ4n) is 6.79. The molecule has 4 aromatic rings. The molecule has 7 nitrogen and oxygen atoms in total. The van der Waals surface area contributed by atoms with Crippen molar-refractivity contribution in [2.45, 2.75) is 63.8 Å². The first-order valence-corrected chi connectivity index (χ1v) is 14.0. The van der Waals surface area contributed by atoms with Gasteiger partial charge in [0.05, 0.1) is 11.6 Å². The number of amides is 1. The van der Waals surface area contributed by atoms with Crippen LogP contribution in [0.5, 0.6) is 0 Å². The van der Waals surface area contributed by atoms with Crippen LogP contribution in [0.3, 0.4) is 0 Å². The number of hydrogen-bond donors (Lipinski definition) is 1. The number of likely N-dealkylation sites (tertiary alicyclic amines) is 1. The van der Waals surface area contributed by atoms with E-state index in [1.54, 1.807) is 4.57 Å². The van der Waals surface area contributed by atoms with Gasteiger partial charge >= 0.3 is 6.09 Å². The van der Waals surface area contributed by atoms with Crippen molar-refractivity contribution in [3.05, 3.63) is 107 Å². The average Bonchev–Trinajstić information content (AvgIpc) is 3.29. The molecule has 0 spiro atoms. The van der Waals surface area contributed by atoms with Gasteiger partial charge in [0.25, 0.3) is 0 Å². The number of hydrogen-bond acceptors (Lipinski definition) is 5. The Morgan fingerprint density at radius 3 is 2.29 bits per heavy atom. The minimum Gasteiger partial charge on any atom is -0.443 e. The van der Waals surface area contributed by atoms with Gasteiger partial charge in [-0.3, -0.25) is 4.79 Å². The molecule has 1 aromatic heterocycles. The van der Waals surface area contributed by atoms with Gasteiger partial charge in [0.15, 0.2) is 0 Å². The molecule has 1 saturated heterocycles. The molecule has 0 saturated carbocycles. The van der Waals surface area contributed by atoms with Crippen molar-refractivity contribution in [1.29, 1.82) is 5.26 Å². The van der Waals surface area contributed by atoms with E-state index in [4.69, 9.17) is 4.74 Å². The Morgan fingerprint density at radius 1 is 1.00 bits per heavy atom. The van der Waals surface area contributed by atoms with E-state index < -0.39 is 35.2 Å². The number of rotatable bonds is 3. The number of nitriles is 1. The van der Waals surface area contributed by atoms with Crippen LogP contribution in [0.4, 0.5) is 4.79 Å². The van der Waals surface area contributed by atoms with Crippen LogP contribution >= 0.6 is 0 Å². The van der Waals surface area contributed by atoms with Crippen molar-refractivity contribution in [2.75, 3.05) is 0 Å². The second kappa shape index (κ2) is 9.90. The third kappa shape index (κ3) is 4.30. The van der Waals surface area contributed by atoms with Gasteiger partial charge in [0.1, 0.15) is 17.2 Å². The van der Waals surface area contributed by atoms with Crippen LogP contribution in [0, 0.1) is 16.7 Å². The average molecular weight is 548 g/mol. The third-order valence-electron chi connectivity index (χ3n) is 8.44. The molecule has 1 aliphatic heterocycles. The van der Waals surface area contributed by atoms with E-state index in [9.17, 15) is 20.0 Å². The summed E-state index contributed by atoms with van der Waals surface area (Å²) in [6.07, 6.45) is -1.14. The van der Waals surface area contributed by atoms with Crippen LogP contribution in [-0.2, 0) is 22.5 Å². The minimum absolute atomic E-state index is 0.171. The molecule has 7 heteroatoms. The van der Waals surface area contributed by atoms with Crippen molar-refractivity contribution >= 4 is 22.9 Å². The highest BCUT2D eigenvalue weighted by atomic mass is 16.6. The Labute approximate surface area is 239 Å². The first-order valence-electron chi connectivity index (χ1n) is 14.0. The second-order valence-electron chi connectivity index (χ2n) is 12.0. The molecular weight excluding hydrogens is 514 g/mol. The highest BCUT2D eigenvalue weighted by Gasteiger charge is 2.62. The number of benzene rings is 3. The number of ether oxygens (including phenoxy) is 1. The van der Waals surface area contributed by atoms with E-state index in [2.05, 4.69) is 6.07 Å². The third-order valence-corrected chi connectivity index (χ3v) is 8.44. The molecule has 1 N–H and O–H groups in total. The zero-order valence-corrected chi connectivity index (χ0v) is 23.4. The van der Waals surface area contributed by atoms with Crippen molar-refractivity contribution < 1.29 is 19.4 Å². The van der Waals surface area contributed by atoms with Gasteiger partial charge in [-0.2, -0.15) is 5.26 Å². The summed E-state index contributed by atoms with van der Waals surface area (Å²) in [5, 5.41) is 23.3. The number of carbonyl (C=O) groups is 2. The van der Waals surface area contributed by atoms with Crippen molar-refractivity contribution in [3.8, 4) is 6.07 Å². The van der Waals surface area contributed by atoms with Crippen LogP contribution in [0.2, 0.25) is 0 Å². The predicted molar refractivity (Wildman–Crippen MR) is 155 cm³/mol. The Balaban J connectivity index is 1.59. The SMILES string of the molecule is CC(C)(C)OC(=O)n1c2c(c3ccccc31)[C@@H]1C[C@H](O)N(Cc3ccccc3)C(=O)[C@]1(C#N)[C@@H](c1ccccc1)C2. The van der Waals surface area contributed by atoms with Gasteiger partial charge in [0.2, 0.25) is 5.91 Å². The van der Waals surface area contributed by atoms with Gasteiger partial charge in [-0.1, -0.05) is 78.9 Å². The maximum atomic E-state index is 14.6. The molecule has 0 bridgehead atoms. The van der Waals surface area contributed by atoms with E-state index >= 15 is 0 Å². The molecule has 2 aliphatic rings. The topological polar surface area (TPSA) is 95.6 Å². The van der Waals surface area contributed by atoms with E-state index in [0.29, 0.717) is 11.9 Å². The van der Waals surface area contributed by atoms with Gasteiger partial charge in [0, 0.05) is 35.9 Å². The van der Waals surface area contributed by atoms with E-state index in [0.717, 1.165) is 27.8 Å². The highest BCUT2D eigenvalue weighted by molar-refractivity contribution is 5.97. The zero-order valence-electron chi connectivity index (χ0n) is 23.4. The maximum Gasteiger partial charge on any atom is 0.419 e. The van der Waals surface area contributed by atoms with E-state index in [1.165, 1.54) is 4.90 Å². The maximum absolute atomic E-state index is 14.6. The van der Waals surface area contributed by atoms with Gasteiger partial charge < -0.3 is 14.7 Å². The molecule has 41 heavy (non-hydrogen) atoms. The summed E-state index contributed by atoms with van der Waals surface area (Å²) in [4.78, 5) is 29.8. The molecule has 1 aliphatic carbocycles. The Kier molecular flexibility index (Phi) is 6.47. The van der Waals surface area contributed by atoms with Crippen molar-refractivity contribution in [3.63, 3.8) is 0 Å². The Bertz CT molecular complexity index is 1670. The minimum atomic E-state index is -1.48. The number of aromatic nitrogens is 1. The van der Waals surface area contributed by atoms with Crippen LogP contribution in [-0.4, -0.2) is 38.4 Å². The van der Waals surface area contributed by atoms with Crippen LogP contribution in [0.15, 0.2) is 84.9 Å². The van der Waals surface area contributed by atoms with Crippen LogP contribution in [0.25, 0.3) is 10.9 Å². The normalized spacial score (nSPS) is 23.9. The predicted octanol–water partition coefficient (Wildman–Crippen LogP) is 6.11. The molecule has 3 aromatic carbocycles. The molecule has 1 fully saturated rings.